The number of amides is 2. The summed E-state index contributed by atoms with van der Waals surface area (Å²) in [4.78, 5) is 26.4. The van der Waals surface area contributed by atoms with E-state index in [9.17, 15) is 9.59 Å². The number of rotatable bonds is 4. The van der Waals surface area contributed by atoms with Crippen LogP contribution in [0.2, 0.25) is 0 Å². The molecular weight excluding hydrogens is 294 g/mol. The molecule has 1 aromatic carbocycles. The molecule has 1 saturated heterocycles. The third-order valence-electron chi connectivity index (χ3n) is 3.94. The lowest BCUT2D eigenvalue weighted by Gasteiger charge is -2.20. The zero-order valence-electron chi connectivity index (χ0n) is 12.9. The maximum absolute atomic E-state index is 12.5. The van der Waals surface area contributed by atoms with Gasteiger partial charge < -0.3 is 20.0 Å². The van der Waals surface area contributed by atoms with Crippen molar-refractivity contribution < 1.29 is 14.0 Å². The number of para-hydroxylation sites is 1. The predicted octanol–water partition coefficient (Wildman–Crippen LogP) is 1.65. The topological polar surface area (TPSA) is 74.6 Å². The van der Waals surface area contributed by atoms with Gasteiger partial charge in [0, 0.05) is 19.6 Å². The molecule has 23 heavy (non-hydrogen) atoms. The van der Waals surface area contributed by atoms with Crippen molar-refractivity contribution in [2.24, 2.45) is 0 Å². The zero-order valence-corrected chi connectivity index (χ0v) is 12.9. The molecule has 6 nitrogen and oxygen atoms in total. The fourth-order valence-corrected chi connectivity index (χ4v) is 2.67. The second-order valence-electron chi connectivity index (χ2n) is 5.52. The summed E-state index contributed by atoms with van der Waals surface area (Å²) in [5.74, 6) is -0.228. The van der Waals surface area contributed by atoms with E-state index in [2.05, 4.69) is 10.6 Å². The van der Waals surface area contributed by atoms with Crippen molar-refractivity contribution in [3.63, 3.8) is 0 Å². The lowest BCUT2D eigenvalue weighted by atomic mass is 10.1. The first kappa shape index (κ1) is 15.3. The Bertz CT molecular complexity index is 691. The van der Waals surface area contributed by atoms with Crippen LogP contribution in [-0.2, 0) is 0 Å². The van der Waals surface area contributed by atoms with Crippen LogP contribution in [0.3, 0.4) is 0 Å². The third-order valence-corrected chi connectivity index (χ3v) is 3.94. The molecule has 1 aromatic heterocycles. The minimum Gasteiger partial charge on any atom is -0.459 e. The average Bonchev–Trinajstić information content (AvgIpc) is 3.27. The molecule has 3 rings (SSSR count). The largest absolute Gasteiger partial charge is 0.459 e. The summed E-state index contributed by atoms with van der Waals surface area (Å²) in [6.45, 7) is 1.68. The van der Waals surface area contributed by atoms with Gasteiger partial charge in [0.25, 0.3) is 11.8 Å². The highest BCUT2D eigenvalue weighted by Gasteiger charge is 2.23. The van der Waals surface area contributed by atoms with E-state index >= 15 is 0 Å². The number of anilines is 1. The van der Waals surface area contributed by atoms with Gasteiger partial charge in [0.1, 0.15) is 0 Å². The third kappa shape index (κ3) is 3.27. The first-order valence-electron chi connectivity index (χ1n) is 7.59. The van der Waals surface area contributed by atoms with Gasteiger partial charge in [-0.1, -0.05) is 12.1 Å². The minimum absolute atomic E-state index is 0.127. The maximum atomic E-state index is 12.5. The minimum atomic E-state index is -0.294. The molecule has 1 aliphatic heterocycles. The van der Waals surface area contributed by atoms with Gasteiger partial charge in [-0.05, 0) is 37.2 Å². The maximum Gasteiger partial charge on any atom is 0.293 e. The summed E-state index contributed by atoms with van der Waals surface area (Å²) >= 11 is 0. The van der Waals surface area contributed by atoms with E-state index in [1.807, 2.05) is 0 Å². The summed E-state index contributed by atoms with van der Waals surface area (Å²) in [7, 11) is 1.63. The molecule has 0 bridgehead atoms. The summed E-state index contributed by atoms with van der Waals surface area (Å²) in [5.41, 5.74) is 1.03. The summed E-state index contributed by atoms with van der Waals surface area (Å²) in [5, 5.41) is 6.21. The second-order valence-corrected chi connectivity index (χ2v) is 5.52. The molecule has 2 aromatic rings. The smallest absolute Gasteiger partial charge is 0.293 e. The molecule has 1 unspecified atom stereocenters. The first-order valence-corrected chi connectivity index (χ1v) is 7.59. The van der Waals surface area contributed by atoms with Crippen LogP contribution in [0.4, 0.5) is 5.69 Å². The fraction of sp³-hybridized carbons (Fsp3) is 0.294. The molecule has 0 radical (unpaired) electrons. The number of carbonyl (C=O) groups excluding carboxylic acids is 2. The first-order chi connectivity index (χ1) is 11.2. The highest BCUT2D eigenvalue weighted by atomic mass is 16.3. The van der Waals surface area contributed by atoms with Crippen LogP contribution in [0.25, 0.3) is 0 Å². The Morgan fingerprint density at radius 3 is 2.78 bits per heavy atom. The predicted molar refractivity (Wildman–Crippen MR) is 86.6 cm³/mol. The van der Waals surface area contributed by atoms with Crippen LogP contribution in [-0.4, -0.2) is 38.0 Å². The standard InChI is InChI=1S/C17H19N3O3/c1-20(17(22)15-7-4-10-23-15)14-6-3-2-5-13(14)16(21)19-12-8-9-18-11-12/h2-7,10,12,18H,8-9,11H2,1H3,(H,19,21). The molecule has 1 aliphatic rings. The average molecular weight is 313 g/mol. The molecular formula is C17H19N3O3. The van der Waals surface area contributed by atoms with Gasteiger partial charge >= 0.3 is 0 Å². The molecule has 120 valence electrons. The Labute approximate surface area is 134 Å². The van der Waals surface area contributed by atoms with Gasteiger partial charge in [-0.25, -0.2) is 0 Å². The van der Waals surface area contributed by atoms with E-state index in [1.54, 1.807) is 43.4 Å². The Balaban J connectivity index is 1.82. The quantitative estimate of drug-likeness (QED) is 0.900. The number of hydrogen-bond acceptors (Lipinski definition) is 4. The number of hydrogen-bond donors (Lipinski definition) is 2. The highest BCUT2D eigenvalue weighted by Crippen LogP contribution is 2.21. The molecule has 2 heterocycles. The van der Waals surface area contributed by atoms with Crippen LogP contribution in [0.1, 0.15) is 27.3 Å². The molecule has 6 heteroatoms. The SMILES string of the molecule is CN(C(=O)c1ccco1)c1ccccc1C(=O)NC1CCNC1. The van der Waals surface area contributed by atoms with E-state index in [-0.39, 0.29) is 23.6 Å². The van der Waals surface area contributed by atoms with Crippen LogP contribution < -0.4 is 15.5 Å². The number of benzene rings is 1. The van der Waals surface area contributed by atoms with Gasteiger partial charge in [-0.15, -0.1) is 0 Å². The second kappa shape index (κ2) is 6.66. The van der Waals surface area contributed by atoms with E-state index in [0.717, 1.165) is 19.5 Å². The van der Waals surface area contributed by atoms with Crippen molar-refractivity contribution >= 4 is 17.5 Å². The number of nitrogens with one attached hydrogen (secondary N) is 2. The Morgan fingerprint density at radius 2 is 2.09 bits per heavy atom. The van der Waals surface area contributed by atoms with Crippen molar-refractivity contribution in [1.82, 2.24) is 10.6 Å². The van der Waals surface area contributed by atoms with Crippen molar-refractivity contribution in [1.29, 1.82) is 0 Å². The van der Waals surface area contributed by atoms with Crippen LogP contribution in [0.5, 0.6) is 0 Å². The van der Waals surface area contributed by atoms with Crippen LogP contribution in [0.15, 0.2) is 47.1 Å². The molecule has 0 saturated carbocycles. The zero-order chi connectivity index (χ0) is 16.2. The highest BCUT2D eigenvalue weighted by molar-refractivity contribution is 6.09. The van der Waals surface area contributed by atoms with Gasteiger partial charge in [0.2, 0.25) is 0 Å². The van der Waals surface area contributed by atoms with Gasteiger partial charge in [-0.2, -0.15) is 0 Å². The van der Waals surface area contributed by atoms with Gasteiger partial charge in [0.15, 0.2) is 5.76 Å². The Morgan fingerprint density at radius 1 is 1.26 bits per heavy atom. The van der Waals surface area contributed by atoms with E-state index in [4.69, 9.17) is 4.42 Å². The molecule has 2 N–H and O–H groups in total. The van der Waals surface area contributed by atoms with E-state index in [1.165, 1.54) is 11.2 Å². The van der Waals surface area contributed by atoms with Crippen LogP contribution >= 0.6 is 0 Å². The number of carbonyl (C=O) groups is 2. The Hall–Kier alpha value is -2.60. The lowest BCUT2D eigenvalue weighted by Crippen LogP contribution is -2.37. The van der Waals surface area contributed by atoms with E-state index in [0.29, 0.717) is 11.3 Å². The van der Waals surface area contributed by atoms with Gasteiger partial charge in [0.05, 0.1) is 17.5 Å². The lowest BCUT2D eigenvalue weighted by molar-refractivity contribution is 0.0940. The van der Waals surface area contributed by atoms with Crippen molar-refractivity contribution in [3.8, 4) is 0 Å². The van der Waals surface area contributed by atoms with Crippen molar-refractivity contribution in [2.75, 3.05) is 25.0 Å². The van der Waals surface area contributed by atoms with Crippen molar-refractivity contribution in [3.05, 3.63) is 54.0 Å². The summed E-state index contributed by atoms with van der Waals surface area (Å²) < 4.78 is 5.15. The number of furan rings is 1. The molecule has 0 spiro atoms. The van der Waals surface area contributed by atoms with Crippen LogP contribution in [0, 0.1) is 0 Å². The monoisotopic (exact) mass is 313 g/mol. The number of nitrogens with zero attached hydrogens (tertiary/aromatic N) is 1. The molecule has 0 aliphatic carbocycles. The van der Waals surface area contributed by atoms with E-state index < -0.39 is 0 Å². The van der Waals surface area contributed by atoms with Crippen molar-refractivity contribution in [2.45, 2.75) is 12.5 Å². The summed E-state index contributed by atoms with van der Waals surface area (Å²) in [6.07, 6.45) is 2.36. The van der Waals surface area contributed by atoms with Gasteiger partial charge in [-0.3, -0.25) is 9.59 Å². The Kier molecular flexibility index (Phi) is 4.43. The fourth-order valence-electron chi connectivity index (χ4n) is 2.67. The summed E-state index contributed by atoms with van der Waals surface area (Å²) in [6, 6.07) is 10.5. The molecule has 2 amide bonds. The molecule has 1 atom stereocenters. The normalized spacial score (nSPS) is 17.0. The molecule has 1 fully saturated rings.